The van der Waals surface area contributed by atoms with Crippen molar-refractivity contribution in [3.8, 4) is 5.75 Å². The average molecular weight is 293 g/mol. The van der Waals surface area contributed by atoms with E-state index in [1.54, 1.807) is 18.2 Å². The molecule has 0 aliphatic heterocycles. The van der Waals surface area contributed by atoms with E-state index in [9.17, 15) is 4.39 Å². The Morgan fingerprint density at radius 3 is 2.71 bits per heavy atom. The summed E-state index contributed by atoms with van der Waals surface area (Å²) in [5, 5.41) is 3.91. The van der Waals surface area contributed by atoms with Gasteiger partial charge in [-0.25, -0.2) is 4.39 Å². The van der Waals surface area contributed by atoms with Gasteiger partial charge >= 0.3 is 0 Å². The van der Waals surface area contributed by atoms with E-state index in [-0.39, 0.29) is 17.5 Å². The first-order valence-corrected chi connectivity index (χ1v) is 6.83. The number of ether oxygens (including phenoxy) is 1. The normalized spacial score (nSPS) is 11.4. The van der Waals surface area contributed by atoms with Crippen molar-refractivity contribution >= 4 is 0 Å². The van der Waals surface area contributed by atoms with Crippen molar-refractivity contribution in [3.63, 3.8) is 0 Å². The predicted octanol–water partition coefficient (Wildman–Crippen LogP) is 2.97. The number of aromatic nitrogens is 2. The Kier molecular flexibility index (Phi) is 4.90. The highest BCUT2D eigenvalue weighted by Gasteiger charge is 2.14. The molecule has 0 amide bonds. The molecule has 0 aliphatic carbocycles. The lowest BCUT2D eigenvalue weighted by molar-refractivity contribution is 0.256. The average Bonchev–Trinajstić information content (AvgIpc) is 2.90. The van der Waals surface area contributed by atoms with Crippen molar-refractivity contribution in [1.29, 1.82) is 0 Å². The van der Waals surface area contributed by atoms with Crippen molar-refractivity contribution < 1.29 is 13.7 Å². The SMILES string of the molecule is COc1cccc(CN(C)Cc2nc(C(C)C)no2)c1F. The Morgan fingerprint density at radius 1 is 1.33 bits per heavy atom. The first-order chi connectivity index (χ1) is 10.0. The number of benzene rings is 1. The second kappa shape index (κ2) is 6.67. The molecule has 0 unspecified atom stereocenters. The Hall–Kier alpha value is -1.95. The van der Waals surface area contributed by atoms with Crippen LogP contribution in [0.15, 0.2) is 22.7 Å². The number of rotatable bonds is 6. The van der Waals surface area contributed by atoms with Gasteiger partial charge in [0.2, 0.25) is 5.89 Å². The molecule has 0 saturated carbocycles. The largest absolute Gasteiger partial charge is 0.494 e. The summed E-state index contributed by atoms with van der Waals surface area (Å²) in [6.45, 7) is 4.91. The zero-order valence-electron chi connectivity index (χ0n) is 12.8. The fraction of sp³-hybridized carbons (Fsp3) is 0.467. The molecule has 0 aliphatic rings. The molecule has 2 aromatic rings. The van der Waals surface area contributed by atoms with Gasteiger partial charge in [0.25, 0.3) is 0 Å². The molecular weight excluding hydrogens is 273 g/mol. The lowest BCUT2D eigenvalue weighted by Gasteiger charge is -2.15. The molecule has 5 nitrogen and oxygen atoms in total. The van der Waals surface area contributed by atoms with Crippen molar-refractivity contribution in [1.82, 2.24) is 15.0 Å². The summed E-state index contributed by atoms with van der Waals surface area (Å²) in [4.78, 5) is 6.22. The molecule has 1 aromatic heterocycles. The summed E-state index contributed by atoms with van der Waals surface area (Å²) in [5.74, 6) is 1.36. The van der Waals surface area contributed by atoms with Crippen molar-refractivity contribution in [2.75, 3.05) is 14.2 Å². The van der Waals surface area contributed by atoms with E-state index in [0.29, 0.717) is 30.4 Å². The van der Waals surface area contributed by atoms with Gasteiger partial charge in [-0.1, -0.05) is 31.1 Å². The predicted molar refractivity (Wildman–Crippen MR) is 76.5 cm³/mol. The number of hydrogen-bond acceptors (Lipinski definition) is 5. The van der Waals surface area contributed by atoms with Gasteiger partial charge in [-0.05, 0) is 13.1 Å². The molecule has 0 fully saturated rings. The Balaban J connectivity index is 2.02. The van der Waals surface area contributed by atoms with Crippen LogP contribution in [0, 0.1) is 5.82 Å². The van der Waals surface area contributed by atoms with E-state index >= 15 is 0 Å². The molecule has 2 rings (SSSR count). The minimum absolute atomic E-state index is 0.226. The van der Waals surface area contributed by atoms with Gasteiger partial charge in [-0.3, -0.25) is 4.90 Å². The molecule has 1 aromatic carbocycles. The van der Waals surface area contributed by atoms with E-state index in [0.717, 1.165) is 0 Å². The number of methoxy groups -OCH3 is 1. The Labute approximate surface area is 123 Å². The van der Waals surface area contributed by atoms with Crippen LogP contribution < -0.4 is 4.74 Å². The van der Waals surface area contributed by atoms with Crippen LogP contribution in [0.3, 0.4) is 0 Å². The minimum atomic E-state index is -0.333. The van der Waals surface area contributed by atoms with Crippen LogP contribution in [-0.2, 0) is 13.1 Å². The first kappa shape index (κ1) is 15.4. The van der Waals surface area contributed by atoms with Crippen LogP contribution in [0.1, 0.15) is 37.0 Å². The Morgan fingerprint density at radius 2 is 2.10 bits per heavy atom. The van der Waals surface area contributed by atoms with Crippen LogP contribution in [0.4, 0.5) is 4.39 Å². The monoisotopic (exact) mass is 293 g/mol. The van der Waals surface area contributed by atoms with Gasteiger partial charge in [-0.2, -0.15) is 4.98 Å². The van der Waals surface area contributed by atoms with Gasteiger partial charge in [0.05, 0.1) is 13.7 Å². The number of nitrogens with zero attached hydrogens (tertiary/aromatic N) is 3. The van der Waals surface area contributed by atoms with Crippen LogP contribution >= 0.6 is 0 Å². The highest BCUT2D eigenvalue weighted by molar-refractivity contribution is 5.30. The molecule has 0 saturated heterocycles. The lowest BCUT2D eigenvalue weighted by Crippen LogP contribution is -2.18. The zero-order chi connectivity index (χ0) is 15.4. The fourth-order valence-corrected chi connectivity index (χ4v) is 1.98. The van der Waals surface area contributed by atoms with Crippen molar-refractivity contribution in [2.45, 2.75) is 32.9 Å². The van der Waals surface area contributed by atoms with E-state index in [1.165, 1.54) is 7.11 Å². The second-order valence-electron chi connectivity index (χ2n) is 5.31. The fourth-order valence-electron chi connectivity index (χ4n) is 1.98. The summed E-state index contributed by atoms with van der Waals surface area (Å²) in [7, 11) is 3.33. The third-order valence-corrected chi connectivity index (χ3v) is 3.11. The van der Waals surface area contributed by atoms with E-state index < -0.39 is 0 Å². The molecule has 0 bridgehead atoms. The Bertz CT molecular complexity index is 598. The third-order valence-electron chi connectivity index (χ3n) is 3.11. The van der Waals surface area contributed by atoms with Crippen molar-refractivity contribution in [3.05, 3.63) is 41.3 Å². The maximum absolute atomic E-state index is 14.1. The lowest BCUT2D eigenvalue weighted by atomic mass is 10.2. The summed E-state index contributed by atoms with van der Waals surface area (Å²) in [6, 6.07) is 5.11. The number of halogens is 1. The van der Waals surface area contributed by atoms with Gasteiger partial charge in [-0.15, -0.1) is 0 Å². The van der Waals surface area contributed by atoms with Gasteiger partial charge < -0.3 is 9.26 Å². The highest BCUT2D eigenvalue weighted by Crippen LogP contribution is 2.21. The summed E-state index contributed by atoms with van der Waals surface area (Å²) in [5.41, 5.74) is 0.570. The standard InChI is InChI=1S/C15H20FN3O2/c1-10(2)15-17-13(21-18-15)9-19(3)8-11-6-5-7-12(20-4)14(11)16/h5-7,10H,8-9H2,1-4H3. The topological polar surface area (TPSA) is 51.4 Å². The van der Waals surface area contributed by atoms with Gasteiger partial charge in [0.1, 0.15) is 0 Å². The van der Waals surface area contributed by atoms with Crippen LogP contribution in [0.25, 0.3) is 0 Å². The number of hydrogen-bond donors (Lipinski definition) is 0. The molecule has 0 spiro atoms. The van der Waals surface area contributed by atoms with Crippen LogP contribution in [0.5, 0.6) is 5.75 Å². The molecule has 114 valence electrons. The summed E-state index contributed by atoms with van der Waals surface area (Å²) >= 11 is 0. The molecule has 0 N–H and O–H groups in total. The molecule has 1 heterocycles. The highest BCUT2D eigenvalue weighted by atomic mass is 19.1. The third kappa shape index (κ3) is 3.78. The van der Waals surface area contributed by atoms with Gasteiger partial charge in [0, 0.05) is 18.0 Å². The molecule has 0 radical (unpaired) electrons. The van der Waals surface area contributed by atoms with E-state index in [1.807, 2.05) is 25.8 Å². The summed E-state index contributed by atoms with van der Waals surface area (Å²) in [6.07, 6.45) is 0. The second-order valence-corrected chi connectivity index (χ2v) is 5.31. The van der Waals surface area contributed by atoms with E-state index in [2.05, 4.69) is 10.1 Å². The van der Waals surface area contributed by atoms with Gasteiger partial charge in [0.15, 0.2) is 17.4 Å². The molecule has 21 heavy (non-hydrogen) atoms. The minimum Gasteiger partial charge on any atom is -0.494 e. The zero-order valence-corrected chi connectivity index (χ0v) is 12.8. The quantitative estimate of drug-likeness (QED) is 0.819. The maximum Gasteiger partial charge on any atom is 0.240 e. The van der Waals surface area contributed by atoms with Crippen LogP contribution in [0.2, 0.25) is 0 Å². The maximum atomic E-state index is 14.1. The van der Waals surface area contributed by atoms with Crippen LogP contribution in [-0.4, -0.2) is 29.2 Å². The smallest absolute Gasteiger partial charge is 0.240 e. The summed E-state index contributed by atoms with van der Waals surface area (Å²) < 4.78 is 24.2. The first-order valence-electron chi connectivity index (χ1n) is 6.83. The molecule has 0 atom stereocenters. The molecular formula is C15H20FN3O2. The molecule has 6 heteroatoms. The van der Waals surface area contributed by atoms with E-state index in [4.69, 9.17) is 9.26 Å². The van der Waals surface area contributed by atoms with Crippen molar-refractivity contribution in [2.24, 2.45) is 0 Å².